The Balaban J connectivity index is 1.57. The van der Waals surface area contributed by atoms with Gasteiger partial charge in [0.2, 0.25) is 0 Å². The maximum Gasteiger partial charge on any atom is 0.416 e. The van der Waals surface area contributed by atoms with Crippen LogP contribution < -0.4 is 21.8 Å². The molecule has 3 heterocycles. The van der Waals surface area contributed by atoms with E-state index in [2.05, 4.69) is 31.2 Å². The van der Waals surface area contributed by atoms with Gasteiger partial charge < -0.3 is 16.0 Å². The van der Waals surface area contributed by atoms with Crippen LogP contribution in [-0.4, -0.2) is 29.5 Å². The molecule has 1 amide bonds. The monoisotopic (exact) mass is 538 g/mol. The van der Waals surface area contributed by atoms with Crippen molar-refractivity contribution in [2.45, 2.75) is 38.0 Å². The highest BCUT2D eigenvalue weighted by Crippen LogP contribution is 2.35. The van der Waals surface area contributed by atoms with Crippen LogP contribution in [0.4, 0.5) is 13.2 Å². The molecular formula is C23H22BrF3N4OS. The van der Waals surface area contributed by atoms with Crippen molar-refractivity contribution in [1.82, 2.24) is 10.3 Å². The zero-order valence-corrected chi connectivity index (χ0v) is 20.1. The van der Waals surface area contributed by atoms with Crippen LogP contribution in [0.15, 0.2) is 52.1 Å². The fourth-order valence-corrected chi connectivity index (χ4v) is 5.86. The molecule has 0 bridgehead atoms. The van der Waals surface area contributed by atoms with E-state index in [4.69, 9.17) is 5.73 Å². The van der Waals surface area contributed by atoms with Crippen molar-refractivity contribution in [2.24, 2.45) is 10.7 Å². The number of hydrogen-bond donors (Lipinski definition) is 3. The number of nitrogens with zero attached hydrogens (tertiary/aromatic N) is 1. The minimum atomic E-state index is -4.47. The predicted octanol–water partition coefficient (Wildman–Crippen LogP) is 3.77. The molecule has 174 valence electrons. The van der Waals surface area contributed by atoms with E-state index in [1.54, 1.807) is 12.1 Å². The van der Waals surface area contributed by atoms with E-state index < -0.39 is 17.8 Å². The van der Waals surface area contributed by atoms with Gasteiger partial charge in [0.25, 0.3) is 5.91 Å². The quantitative estimate of drug-likeness (QED) is 0.446. The van der Waals surface area contributed by atoms with Gasteiger partial charge in [-0.05, 0) is 65.0 Å². The van der Waals surface area contributed by atoms with Crippen LogP contribution in [0.5, 0.6) is 0 Å². The molecule has 0 saturated carbocycles. The van der Waals surface area contributed by atoms with Crippen LogP contribution in [0.1, 0.15) is 39.0 Å². The average molecular weight is 539 g/mol. The highest BCUT2D eigenvalue weighted by Gasteiger charge is 2.33. The Labute approximate surface area is 200 Å². The first kappa shape index (κ1) is 23.7. The fraction of sp³-hybridized carbons (Fsp3) is 0.304. The van der Waals surface area contributed by atoms with Gasteiger partial charge in [-0.25, -0.2) is 0 Å². The van der Waals surface area contributed by atoms with Crippen molar-refractivity contribution in [3.63, 3.8) is 0 Å². The SMILES string of the molecule is CC1CC(c2sc(C(=O)N[C@H](CN)Cc3ccccc3C(F)(F)F)cc2Br)=c2cc[nH]c2=N1. The van der Waals surface area contributed by atoms with Crippen LogP contribution in [0, 0.1) is 0 Å². The Morgan fingerprint density at radius 3 is 2.85 bits per heavy atom. The van der Waals surface area contributed by atoms with E-state index in [-0.39, 0.29) is 30.5 Å². The lowest BCUT2D eigenvalue weighted by Gasteiger charge is -2.19. The molecule has 10 heteroatoms. The van der Waals surface area contributed by atoms with Crippen molar-refractivity contribution >= 4 is 38.7 Å². The second-order valence-electron chi connectivity index (χ2n) is 7.95. The third-order valence-electron chi connectivity index (χ3n) is 5.49. The van der Waals surface area contributed by atoms with Gasteiger partial charge in [-0.2, -0.15) is 13.2 Å². The van der Waals surface area contributed by atoms with Gasteiger partial charge in [0, 0.05) is 33.4 Å². The third kappa shape index (κ3) is 5.07. The number of amides is 1. The molecule has 1 aliphatic heterocycles. The van der Waals surface area contributed by atoms with E-state index in [9.17, 15) is 18.0 Å². The number of hydrogen-bond acceptors (Lipinski definition) is 4. The molecule has 1 aliphatic rings. The lowest BCUT2D eigenvalue weighted by atomic mass is 9.99. The Kier molecular flexibility index (Phi) is 6.78. The highest BCUT2D eigenvalue weighted by molar-refractivity contribution is 9.10. The Hall–Kier alpha value is -2.43. The summed E-state index contributed by atoms with van der Waals surface area (Å²) in [7, 11) is 0. The van der Waals surface area contributed by atoms with Crippen LogP contribution in [0.3, 0.4) is 0 Å². The summed E-state index contributed by atoms with van der Waals surface area (Å²) >= 11 is 4.91. The summed E-state index contributed by atoms with van der Waals surface area (Å²) in [6.07, 6.45) is -1.90. The van der Waals surface area contributed by atoms with Gasteiger partial charge in [0.15, 0.2) is 0 Å². The summed E-state index contributed by atoms with van der Waals surface area (Å²) in [6, 6.07) is 8.52. The minimum Gasteiger partial charge on any atom is -0.347 e. The highest BCUT2D eigenvalue weighted by atomic mass is 79.9. The van der Waals surface area contributed by atoms with E-state index in [0.717, 1.165) is 38.1 Å². The molecule has 2 aromatic heterocycles. The van der Waals surface area contributed by atoms with E-state index in [0.29, 0.717) is 4.88 Å². The Morgan fingerprint density at radius 1 is 1.36 bits per heavy atom. The molecule has 1 aromatic carbocycles. The molecule has 0 fully saturated rings. The molecule has 2 atom stereocenters. The summed E-state index contributed by atoms with van der Waals surface area (Å²) in [5.74, 6) is -0.365. The number of alkyl halides is 3. The number of halogens is 4. The Morgan fingerprint density at radius 2 is 2.12 bits per heavy atom. The van der Waals surface area contributed by atoms with E-state index in [1.165, 1.54) is 23.5 Å². The van der Waals surface area contributed by atoms with Gasteiger partial charge in [-0.15, -0.1) is 11.3 Å². The molecule has 4 N–H and O–H groups in total. The number of carbonyl (C=O) groups excluding carboxylic acids is 1. The Bertz CT molecular complexity index is 1300. The first-order valence-corrected chi connectivity index (χ1v) is 12.0. The predicted molar refractivity (Wildman–Crippen MR) is 126 cm³/mol. The topological polar surface area (TPSA) is 83.3 Å². The average Bonchev–Trinajstić information content (AvgIpc) is 3.38. The number of aromatic nitrogens is 1. The number of H-pyrrole nitrogens is 1. The van der Waals surface area contributed by atoms with Crippen LogP contribution >= 0.6 is 27.3 Å². The van der Waals surface area contributed by atoms with Crippen LogP contribution in [0.25, 0.3) is 5.57 Å². The molecule has 5 nitrogen and oxygen atoms in total. The van der Waals surface area contributed by atoms with Crippen molar-refractivity contribution in [3.05, 3.63) is 78.7 Å². The summed E-state index contributed by atoms with van der Waals surface area (Å²) < 4.78 is 40.8. The van der Waals surface area contributed by atoms with Crippen molar-refractivity contribution in [3.8, 4) is 0 Å². The molecule has 0 saturated heterocycles. The number of thiophene rings is 1. The molecule has 0 spiro atoms. The smallest absolute Gasteiger partial charge is 0.347 e. The van der Waals surface area contributed by atoms with Gasteiger partial charge >= 0.3 is 6.18 Å². The van der Waals surface area contributed by atoms with Crippen molar-refractivity contribution in [1.29, 1.82) is 0 Å². The zero-order chi connectivity index (χ0) is 23.8. The molecule has 3 aromatic rings. The molecular weight excluding hydrogens is 517 g/mol. The number of nitrogens with one attached hydrogen (secondary N) is 2. The van der Waals surface area contributed by atoms with Crippen molar-refractivity contribution < 1.29 is 18.0 Å². The number of nitrogens with two attached hydrogens (primary N) is 1. The number of fused-ring (bicyclic) bond motifs is 1. The number of carbonyl (C=O) groups is 1. The lowest BCUT2D eigenvalue weighted by molar-refractivity contribution is -0.138. The normalized spacial score (nSPS) is 16.8. The maximum absolute atomic E-state index is 13.3. The zero-order valence-electron chi connectivity index (χ0n) is 17.7. The number of benzene rings is 1. The standard InChI is InChI=1S/C23H22BrF3N4OS/c1-12-8-16(15-6-7-29-21(15)30-12)20-18(24)10-19(33-20)22(32)31-14(11-28)9-13-4-2-3-5-17(13)23(25,26)27/h2-7,10,12,14H,8-9,11,28H2,1H3,(H,29,30)(H,31,32)/t12?,14-/m0/s1. The maximum atomic E-state index is 13.3. The van der Waals surface area contributed by atoms with Crippen LogP contribution in [-0.2, 0) is 12.6 Å². The molecule has 0 radical (unpaired) electrons. The minimum absolute atomic E-state index is 0.0135. The first-order chi connectivity index (χ1) is 15.7. The number of aromatic amines is 1. The molecule has 4 rings (SSSR count). The lowest BCUT2D eigenvalue weighted by Crippen LogP contribution is -2.41. The molecule has 0 aliphatic carbocycles. The summed E-state index contributed by atoms with van der Waals surface area (Å²) in [5.41, 5.74) is 7.10. The number of rotatable bonds is 6. The summed E-state index contributed by atoms with van der Waals surface area (Å²) in [4.78, 5) is 22.1. The van der Waals surface area contributed by atoms with Gasteiger partial charge in [0.1, 0.15) is 5.49 Å². The van der Waals surface area contributed by atoms with E-state index in [1.807, 2.05) is 19.2 Å². The largest absolute Gasteiger partial charge is 0.416 e. The summed E-state index contributed by atoms with van der Waals surface area (Å²) in [5, 5.41) is 3.81. The molecule has 33 heavy (non-hydrogen) atoms. The second kappa shape index (κ2) is 9.44. The van der Waals surface area contributed by atoms with Crippen molar-refractivity contribution in [2.75, 3.05) is 6.54 Å². The third-order valence-corrected chi connectivity index (χ3v) is 7.57. The van der Waals surface area contributed by atoms with Gasteiger partial charge in [0.05, 0.1) is 16.5 Å². The first-order valence-electron chi connectivity index (χ1n) is 10.4. The van der Waals surface area contributed by atoms with Gasteiger partial charge in [-0.3, -0.25) is 9.79 Å². The summed E-state index contributed by atoms with van der Waals surface area (Å²) in [6.45, 7) is 2.05. The van der Waals surface area contributed by atoms with Crippen LogP contribution in [0.2, 0.25) is 0 Å². The second-order valence-corrected chi connectivity index (χ2v) is 9.86. The molecule has 1 unspecified atom stereocenters. The van der Waals surface area contributed by atoms with Gasteiger partial charge in [-0.1, -0.05) is 18.2 Å². The fourth-order valence-electron chi connectivity index (χ4n) is 3.97. The van der Waals surface area contributed by atoms with E-state index >= 15 is 0 Å².